The molecular weight excluding hydrogens is 337 g/mol. The summed E-state index contributed by atoms with van der Waals surface area (Å²) in [6.07, 6.45) is 4.16. The minimum Gasteiger partial charge on any atom is -0.393 e. The number of aromatic nitrogens is 1. The molecule has 4 nitrogen and oxygen atoms in total. The minimum atomic E-state index is -0.302. The molecule has 0 bridgehead atoms. The van der Waals surface area contributed by atoms with Crippen molar-refractivity contribution in [3.63, 3.8) is 0 Å². The second-order valence-corrected chi connectivity index (χ2v) is 6.58. The molecule has 2 heterocycles. The fourth-order valence-corrected chi connectivity index (χ4v) is 3.73. The lowest BCUT2D eigenvalue weighted by atomic mass is 10.1. The summed E-state index contributed by atoms with van der Waals surface area (Å²) in [7, 11) is 0. The average molecular weight is 352 g/mol. The first kappa shape index (κ1) is 13.3. The van der Waals surface area contributed by atoms with E-state index in [9.17, 15) is 9.50 Å². The van der Waals surface area contributed by atoms with E-state index in [-0.39, 0.29) is 11.9 Å². The van der Waals surface area contributed by atoms with Gasteiger partial charge in [0.2, 0.25) is 0 Å². The number of aliphatic hydroxyl groups is 1. The fourth-order valence-electron chi connectivity index (χ4n) is 3.39. The largest absolute Gasteiger partial charge is 0.393 e. The van der Waals surface area contributed by atoms with Crippen LogP contribution in [0.1, 0.15) is 19.3 Å². The first-order chi connectivity index (χ1) is 10.1. The smallest absolute Gasteiger partial charge is 0.139 e. The first-order valence-corrected chi connectivity index (χ1v) is 7.89. The lowest BCUT2D eigenvalue weighted by Gasteiger charge is -2.26. The van der Waals surface area contributed by atoms with Crippen molar-refractivity contribution in [3.05, 3.63) is 28.6 Å². The molecule has 2 N–H and O–H groups in total. The molecule has 0 spiro atoms. The molecule has 110 valence electrons. The molecule has 6 heteroatoms. The van der Waals surface area contributed by atoms with E-state index in [1.165, 1.54) is 6.07 Å². The third-order valence-electron chi connectivity index (χ3n) is 4.43. The summed E-state index contributed by atoms with van der Waals surface area (Å²) in [6.45, 7) is 0.711. The number of halogens is 2. The SMILES string of the molecule is O[C@H]1CC[C@@H](N2CNc3cnc4cc(F)c(Br)cc4c32)C1. The lowest BCUT2D eigenvalue weighted by molar-refractivity contribution is 0.181. The Kier molecular flexibility index (Phi) is 3.04. The van der Waals surface area contributed by atoms with E-state index in [2.05, 4.69) is 31.1 Å². The van der Waals surface area contributed by atoms with E-state index in [4.69, 9.17) is 0 Å². The number of nitrogens with zero attached hydrogens (tertiary/aromatic N) is 2. The number of aliphatic hydroxyl groups excluding tert-OH is 1. The Morgan fingerprint density at radius 3 is 3.00 bits per heavy atom. The molecule has 0 radical (unpaired) electrons. The molecule has 2 atom stereocenters. The van der Waals surface area contributed by atoms with Gasteiger partial charge in [-0.15, -0.1) is 0 Å². The Morgan fingerprint density at radius 1 is 1.38 bits per heavy atom. The van der Waals surface area contributed by atoms with Gasteiger partial charge in [0, 0.05) is 17.5 Å². The van der Waals surface area contributed by atoms with Crippen LogP contribution in [0.25, 0.3) is 10.9 Å². The lowest BCUT2D eigenvalue weighted by Crippen LogP contribution is -2.33. The topological polar surface area (TPSA) is 48.4 Å². The van der Waals surface area contributed by atoms with Gasteiger partial charge in [-0.2, -0.15) is 0 Å². The Hall–Kier alpha value is -1.40. The van der Waals surface area contributed by atoms with Crippen LogP contribution in [0.15, 0.2) is 22.8 Å². The Bertz CT molecular complexity index is 724. The molecule has 1 fully saturated rings. The highest BCUT2D eigenvalue weighted by Gasteiger charge is 2.33. The van der Waals surface area contributed by atoms with Gasteiger partial charge in [-0.3, -0.25) is 4.98 Å². The molecule has 1 aromatic heterocycles. The summed E-state index contributed by atoms with van der Waals surface area (Å²) < 4.78 is 14.1. The molecule has 2 aromatic rings. The molecular formula is C15H15BrFN3O. The summed E-state index contributed by atoms with van der Waals surface area (Å²) in [5.74, 6) is -0.302. The van der Waals surface area contributed by atoms with Crippen molar-refractivity contribution in [2.45, 2.75) is 31.4 Å². The van der Waals surface area contributed by atoms with Gasteiger partial charge in [0.05, 0.1) is 40.3 Å². The Morgan fingerprint density at radius 2 is 2.24 bits per heavy atom. The number of nitrogens with one attached hydrogen (secondary N) is 1. The minimum absolute atomic E-state index is 0.212. The second kappa shape index (κ2) is 4.81. The van der Waals surface area contributed by atoms with Crippen LogP contribution in [-0.2, 0) is 0 Å². The normalized spacial score (nSPS) is 24.4. The van der Waals surface area contributed by atoms with Gasteiger partial charge in [0.25, 0.3) is 0 Å². The Labute approximate surface area is 130 Å². The van der Waals surface area contributed by atoms with E-state index in [1.807, 2.05) is 0 Å². The first-order valence-electron chi connectivity index (χ1n) is 7.10. The van der Waals surface area contributed by atoms with Crippen LogP contribution in [0, 0.1) is 5.82 Å². The highest BCUT2D eigenvalue weighted by Crippen LogP contribution is 2.42. The summed E-state index contributed by atoms with van der Waals surface area (Å²) in [6, 6.07) is 3.57. The van der Waals surface area contributed by atoms with Crippen LogP contribution in [0.3, 0.4) is 0 Å². The molecule has 21 heavy (non-hydrogen) atoms. The van der Waals surface area contributed by atoms with Crippen molar-refractivity contribution in [1.82, 2.24) is 4.98 Å². The van der Waals surface area contributed by atoms with Gasteiger partial charge in [0.15, 0.2) is 0 Å². The third-order valence-corrected chi connectivity index (χ3v) is 5.03. The number of hydrogen-bond donors (Lipinski definition) is 2. The van der Waals surface area contributed by atoms with Crippen molar-refractivity contribution >= 4 is 38.2 Å². The summed E-state index contributed by atoms with van der Waals surface area (Å²) >= 11 is 3.26. The van der Waals surface area contributed by atoms with Crippen LogP contribution in [0.5, 0.6) is 0 Å². The van der Waals surface area contributed by atoms with Crippen LogP contribution < -0.4 is 10.2 Å². The van der Waals surface area contributed by atoms with E-state index >= 15 is 0 Å². The zero-order valence-corrected chi connectivity index (χ0v) is 12.9. The number of hydrogen-bond acceptors (Lipinski definition) is 4. The van der Waals surface area contributed by atoms with Crippen LogP contribution in [0.2, 0.25) is 0 Å². The van der Waals surface area contributed by atoms with Crippen molar-refractivity contribution < 1.29 is 9.50 Å². The molecule has 1 aliphatic carbocycles. The van der Waals surface area contributed by atoms with E-state index in [1.54, 1.807) is 12.3 Å². The average Bonchev–Trinajstić information content (AvgIpc) is 3.06. The highest BCUT2D eigenvalue weighted by atomic mass is 79.9. The molecule has 0 unspecified atom stereocenters. The summed E-state index contributed by atoms with van der Waals surface area (Å²) in [5.41, 5.74) is 2.70. The monoisotopic (exact) mass is 351 g/mol. The number of pyridine rings is 1. The van der Waals surface area contributed by atoms with Crippen molar-refractivity contribution in [2.24, 2.45) is 0 Å². The molecule has 1 aromatic carbocycles. The van der Waals surface area contributed by atoms with Gasteiger partial charge in [-0.05, 0) is 41.3 Å². The maximum absolute atomic E-state index is 13.7. The summed E-state index contributed by atoms with van der Waals surface area (Å²) in [4.78, 5) is 6.61. The van der Waals surface area contributed by atoms with Gasteiger partial charge < -0.3 is 15.3 Å². The number of rotatable bonds is 1. The predicted octanol–water partition coefficient (Wildman–Crippen LogP) is 3.24. The van der Waals surface area contributed by atoms with Crippen LogP contribution in [0.4, 0.5) is 15.8 Å². The standard InChI is InChI=1S/C15H15BrFN3O/c16-11-4-10-13(5-12(11)17)18-6-14-15(10)20(7-19-14)8-1-2-9(21)3-8/h4-6,8-9,19,21H,1-3,7H2/t8-,9+/m1/s1. The quantitative estimate of drug-likeness (QED) is 0.827. The predicted molar refractivity (Wildman–Crippen MR) is 84.0 cm³/mol. The van der Waals surface area contributed by atoms with Gasteiger partial charge in [0.1, 0.15) is 5.82 Å². The zero-order chi connectivity index (χ0) is 14.6. The maximum Gasteiger partial charge on any atom is 0.139 e. The zero-order valence-electron chi connectivity index (χ0n) is 11.3. The van der Waals surface area contributed by atoms with Crippen molar-refractivity contribution in [1.29, 1.82) is 0 Å². The number of benzene rings is 1. The highest BCUT2D eigenvalue weighted by molar-refractivity contribution is 9.10. The second-order valence-electron chi connectivity index (χ2n) is 5.73. The van der Waals surface area contributed by atoms with E-state index < -0.39 is 0 Å². The van der Waals surface area contributed by atoms with Crippen molar-refractivity contribution in [3.8, 4) is 0 Å². The van der Waals surface area contributed by atoms with E-state index in [0.29, 0.717) is 22.7 Å². The number of fused-ring (bicyclic) bond motifs is 3. The molecule has 4 rings (SSSR count). The molecule has 1 saturated carbocycles. The van der Waals surface area contributed by atoms with E-state index in [0.717, 1.165) is 36.0 Å². The maximum atomic E-state index is 13.7. The Balaban J connectivity index is 1.86. The van der Waals surface area contributed by atoms with Gasteiger partial charge in [-0.1, -0.05) is 0 Å². The third kappa shape index (κ3) is 2.08. The van der Waals surface area contributed by atoms with Crippen molar-refractivity contribution in [2.75, 3.05) is 16.9 Å². The number of anilines is 2. The van der Waals surface area contributed by atoms with Gasteiger partial charge in [-0.25, -0.2) is 4.39 Å². The van der Waals surface area contributed by atoms with Crippen LogP contribution in [-0.4, -0.2) is 28.9 Å². The van der Waals surface area contributed by atoms with Crippen LogP contribution >= 0.6 is 15.9 Å². The molecule has 0 amide bonds. The molecule has 0 saturated heterocycles. The molecule has 2 aliphatic rings. The molecule has 1 aliphatic heterocycles. The van der Waals surface area contributed by atoms with Gasteiger partial charge >= 0.3 is 0 Å². The fraction of sp³-hybridized carbons (Fsp3) is 0.400. The summed E-state index contributed by atoms with van der Waals surface area (Å²) in [5, 5.41) is 14.1.